The van der Waals surface area contributed by atoms with Gasteiger partial charge in [-0.2, -0.15) is 0 Å². The van der Waals surface area contributed by atoms with Crippen LogP contribution in [-0.2, 0) is 16.1 Å². The maximum Gasteiger partial charge on any atom is 0.313 e. The van der Waals surface area contributed by atoms with Crippen molar-refractivity contribution >= 4 is 23.2 Å². The van der Waals surface area contributed by atoms with Crippen molar-refractivity contribution < 1.29 is 9.59 Å². The van der Waals surface area contributed by atoms with Gasteiger partial charge in [0.05, 0.1) is 11.4 Å². The molecular weight excluding hydrogens is 266 g/mol. The summed E-state index contributed by atoms with van der Waals surface area (Å²) in [5.74, 6) is -1.43. The average Bonchev–Trinajstić information content (AvgIpc) is 2.49. The van der Waals surface area contributed by atoms with Crippen molar-refractivity contribution in [1.82, 2.24) is 5.32 Å². The maximum absolute atomic E-state index is 11.8. The van der Waals surface area contributed by atoms with E-state index in [0.29, 0.717) is 17.9 Å². The van der Waals surface area contributed by atoms with E-state index in [1.54, 1.807) is 12.1 Å². The number of hydrogen-bond acceptors (Lipinski definition) is 3. The Morgan fingerprint density at radius 3 is 2.48 bits per heavy atom. The number of rotatable bonds is 3. The van der Waals surface area contributed by atoms with Gasteiger partial charge in [0.2, 0.25) is 0 Å². The van der Waals surface area contributed by atoms with Crippen LogP contribution in [0.1, 0.15) is 11.1 Å². The standard InChI is InChI=1S/C16H17N3O2/c1-11-7-8-13(17)14(9-11)19-16(21)15(20)18-10-12-5-3-2-4-6-12/h2-9H,10,17H2,1H3,(H,18,20)(H,19,21). The van der Waals surface area contributed by atoms with Gasteiger partial charge in [-0.05, 0) is 30.2 Å². The lowest BCUT2D eigenvalue weighted by molar-refractivity contribution is -0.136. The van der Waals surface area contributed by atoms with Crippen molar-refractivity contribution in [3.63, 3.8) is 0 Å². The van der Waals surface area contributed by atoms with Crippen LogP contribution in [0.5, 0.6) is 0 Å². The number of hydrogen-bond donors (Lipinski definition) is 3. The Morgan fingerprint density at radius 1 is 1.05 bits per heavy atom. The average molecular weight is 283 g/mol. The van der Waals surface area contributed by atoms with Gasteiger partial charge in [-0.15, -0.1) is 0 Å². The number of benzene rings is 2. The summed E-state index contributed by atoms with van der Waals surface area (Å²) in [4.78, 5) is 23.6. The molecule has 5 nitrogen and oxygen atoms in total. The molecule has 0 radical (unpaired) electrons. The second kappa shape index (κ2) is 6.56. The number of carbonyl (C=O) groups is 2. The molecule has 0 spiro atoms. The highest BCUT2D eigenvalue weighted by Gasteiger charge is 2.14. The molecule has 0 aliphatic heterocycles. The molecule has 21 heavy (non-hydrogen) atoms. The first-order valence-corrected chi connectivity index (χ1v) is 6.55. The summed E-state index contributed by atoms with van der Waals surface area (Å²) in [5, 5.41) is 5.07. The third-order valence-electron chi connectivity index (χ3n) is 2.96. The van der Waals surface area contributed by atoms with Crippen molar-refractivity contribution in [3.8, 4) is 0 Å². The SMILES string of the molecule is Cc1ccc(N)c(NC(=O)C(=O)NCc2ccccc2)c1. The van der Waals surface area contributed by atoms with E-state index < -0.39 is 11.8 Å². The summed E-state index contributed by atoms with van der Waals surface area (Å²) in [6.07, 6.45) is 0. The molecule has 0 unspecified atom stereocenters. The fraction of sp³-hybridized carbons (Fsp3) is 0.125. The van der Waals surface area contributed by atoms with E-state index in [1.165, 1.54) is 0 Å². The Kier molecular flexibility index (Phi) is 4.56. The molecular formula is C16H17N3O2. The van der Waals surface area contributed by atoms with Gasteiger partial charge in [-0.3, -0.25) is 9.59 Å². The summed E-state index contributed by atoms with van der Waals surface area (Å²) in [6.45, 7) is 2.18. The van der Waals surface area contributed by atoms with Crippen LogP contribution in [0.2, 0.25) is 0 Å². The van der Waals surface area contributed by atoms with E-state index >= 15 is 0 Å². The minimum absolute atomic E-state index is 0.302. The molecule has 0 aliphatic rings. The van der Waals surface area contributed by atoms with Gasteiger partial charge < -0.3 is 16.4 Å². The zero-order valence-corrected chi connectivity index (χ0v) is 11.7. The summed E-state index contributed by atoms with van der Waals surface area (Å²) in [7, 11) is 0. The van der Waals surface area contributed by atoms with Gasteiger partial charge in [-0.1, -0.05) is 36.4 Å². The molecule has 0 heterocycles. The highest BCUT2D eigenvalue weighted by Crippen LogP contribution is 2.19. The van der Waals surface area contributed by atoms with E-state index in [4.69, 9.17) is 5.73 Å². The molecule has 0 atom stereocenters. The van der Waals surface area contributed by atoms with E-state index in [9.17, 15) is 9.59 Å². The van der Waals surface area contributed by atoms with Crippen LogP contribution in [0.15, 0.2) is 48.5 Å². The predicted octanol–water partition coefficient (Wildman–Crippen LogP) is 1.83. The maximum atomic E-state index is 11.8. The molecule has 2 aromatic rings. The van der Waals surface area contributed by atoms with Crippen molar-refractivity contribution in [3.05, 3.63) is 59.7 Å². The Labute approximate surface area is 123 Å². The van der Waals surface area contributed by atoms with Gasteiger partial charge in [-0.25, -0.2) is 0 Å². The monoisotopic (exact) mass is 283 g/mol. The first-order valence-electron chi connectivity index (χ1n) is 6.55. The quantitative estimate of drug-likeness (QED) is 0.593. The number of aryl methyl sites for hydroxylation is 1. The van der Waals surface area contributed by atoms with E-state index in [2.05, 4.69) is 10.6 Å². The van der Waals surface area contributed by atoms with E-state index in [1.807, 2.05) is 43.3 Å². The van der Waals surface area contributed by atoms with Crippen LogP contribution in [0.3, 0.4) is 0 Å². The molecule has 0 aromatic heterocycles. The van der Waals surface area contributed by atoms with Crippen LogP contribution < -0.4 is 16.4 Å². The topological polar surface area (TPSA) is 84.2 Å². The number of amides is 2. The van der Waals surface area contributed by atoms with Crippen LogP contribution in [-0.4, -0.2) is 11.8 Å². The highest BCUT2D eigenvalue weighted by atomic mass is 16.2. The van der Waals surface area contributed by atoms with E-state index in [-0.39, 0.29) is 0 Å². The number of anilines is 2. The summed E-state index contributed by atoms with van der Waals surface area (Å²) >= 11 is 0. The lowest BCUT2D eigenvalue weighted by Crippen LogP contribution is -2.35. The lowest BCUT2D eigenvalue weighted by Gasteiger charge is -2.09. The molecule has 0 aliphatic carbocycles. The van der Waals surface area contributed by atoms with Gasteiger partial charge in [0.15, 0.2) is 0 Å². The largest absolute Gasteiger partial charge is 0.397 e. The minimum Gasteiger partial charge on any atom is -0.397 e. The Balaban J connectivity index is 1.94. The van der Waals surface area contributed by atoms with Crippen LogP contribution in [0, 0.1) is 6.92 Å². The molecule has 0 bridgehead atoms. The van der Waals surface area contributed by atoms with Crippen LogP contribution in [0.4, 0.5) is 11.4 Å². The first-order chi connectivity index (χ1) is 10.1. The summed E-state index contributed by atoms with van der Waals surface area (Å²) in [5.41, 5.74) is 8.49. The number of nitrogens with one attached hydrogen (secondary N) is 2. The molecule has 108 valence electrons. The third-order valence-corrected chi connectivity index (χ3v) is 2.96. The normalized spacial score (nSPS) is 9.95. The fourth-order valence-electron chi connectivity index (χ4n) is 1.82. The van der Waals surface area contributed by atoms with Crippen molar-refractivity contribution in [2.24, 2.45) is 0 Å². The predicted molar refractivity (Wildman–Crippen MR) is 82.5 cm³/mol. The van der Waals surface area contributed by atoms with Gasteiger partial charge >= 0.3 is 11.8 Å². The smallest absolute Gasteiger partial charge is 0.313 e. The summed E-state index contributed by atoms with van der Waals surface area (Å²) < 4.78 is 0. The summed E-state index contributed by atoms with van der Waals surface area (Å²) in [6, 6.07) is 14.6. The van der Waals surface area contributed by atoms with Crippen molar-refractivity contribution in [2.45, 2.75) is 13.5 Å². The van der Waals surface area contributed by atoms with Gasteiger partial charge in [0.25, 0.3) is 0 Å². The Hall–Kier alpha value is -2.82. The lowest BCUT2D eigenvalue weighted by atomic mass is 10.2. The Bertz CT molecular complexity index is 654. The van der Waals surface area contributed by atoms with E-state index in [0.717, 1.165) is 11.1 Å². The fourth-order valence-corrected chi connectivity index (χ4v) is 1.82. The van der Waals surface area contributed by atoms with Gasteiger partial charge in [0, 0.05) is 6.54 Å². The number of nitrogen functional groups attached to an aromatic ring is 1. The second-order valence-electron chi connectivity index (χ2n) is 4.71. The van der Waals surface area contributed by atoms with Gasteiger partial charge in [0.1, 0.15) is 0 Å². The molecule has 0 saturated carbocycles. The number of carbonyl (C=O) groups excluding carboxylic acids is 2. The second-order valence-corrected chi connectivity index (χ2v) is 4.71. The number of nitrogens with two attached hydrogens (primary N) is 1. The molecule has 2 aromatic carbocycles. The molecule has 2 amide bonds. The van der Waals surface area contributed by atoms with Crippen LogP contribution >= 0.6 is 0 Å². The zero-order chi connectivity index (χ0) is 15.2. The highest BCUT2D eigenvalue weighted by molar-refractivity contribution is 6.39. The molecule has 0 fully saturated rings. The molecule has 0 saturated heterocycles. The third kappa shape index (κ3) is 4.07. The van der Waals surface area contributed by atoms with Crippen molar-refractivity contribution in [2.75, 3.05) is 11.1 Å². The molecule has 2 rings (SSSR count). The first kappa shape index (κ1) is 14.6. The van der Waals surface area contributed by atoms with Crippen molar-refractivity contribution in [1.29, 1.82) is 0 Å². The zero-order valence-electron chi connectivity index (χ0n) is 11.7. The molecule has 4 N–H and O–H groups in total. The molecule has 5 heteroatoms. The minimum atomic E-state index is -0.733. The Morgan fingerprint density at radius 2 is 1.76 bits per heavy atom. The van der Waals surface area contributed by atoms with Crippen LogP contribution in [0.25, 0.3) is 0 Å².